The first-order chi connectivity index (χ1) is 13.7. The van der Waals surface area contributed by atoms with E-state index in [4.69, 9.17) is 14.2 Å². The molecule has 8 nitrogen and oxygen atoms in total. The van der Waals surface area contributed by atoms with Gasteiger partial charge in [0.15, 0.2) is 11.5 Å². The van der Waals surface area contributed by atoms with Crippen molar-refractivity contribution in [3.63, 3.8) is 0 Å². The van der Waals surface area contributed by atoms with Crippen LogP contribution >= 0.6 is 0 Å². The van der Waals surface area contributed by atoms with Crippen molar-refractivity contribution >= 4 is 16.9 Å². The van der Waals surface area contributed by atoms with E-state index in [1.807, 2.05) is 24.3 Å². The first-order valence-corrected chi connectivity index (χ1v) is 9.14. The largest absolute Gasteiger partial charge is 0.493 e. The van der Waals surface area contributed by atoms with Crippen LogP contribution in [0.2, 0.25) is 0 Å². The number of methoxy groups -OCH3 is 2. The Morgan fingerprint density at radius 3 is 2.79 bits per heavy atom. The molecule has 2 N–H and O–H groups in total. The predicted octanol–water partition coefficient (Wildman–Crippen LogP) is 2.55. The molecule has 1 aliphatic rings. The van der Waals surface area contributed by atoms with Gasteiger partial charge in [-0.1, -0.05) is 0 Å². The van der Waals surface area contributed by atoms with Gasteiger partial charge in [-0.15, -0.1) is 0 Å². The van der Waals surface area contributed by atoms with E-state index in [-0.39, 0.29) is 5.91 Å². The average Bonchev–Trinajstić information content (AvgIpc) is 3.36. The van der Waals surface area contributed by atoms with Gasteiger partial charge in [0.05, 0.1) is 38.4 Å². The lowest BCUT2D eigenvalue weighted by atomic mass is 10.1. The second-order valence-corrected chi connectivity index (χ2v) is 6.69. The number of fused-ring (bicyclic) bond motifs is 1. The number of nitrogens with one attached hydrogen (secondary N) is 2. The number of aromatic amines is 1. The molecule has 4 rings (SSSR count). The molecule has 0 unspecified atom stereocenters. The molecule has 8 heteroatoms. The minimum absolute atomic E-state index is 0.106. The van der Waals surface area contributed by atoms with Gasteiger partial charge in [0.25, 0.3) is 0 Å². The first-order valence-electron chi connectivity index (χ1n) is 9.14. The Bertz CT molecular complexity index is 1000. The maximum Gasteiger partial charge on any atom is 0.240 e. The average molecular weight is 382 g/mol. The molecule has 0 radical (unpaired) electrons. The summed E-state index contributed by atoms with van der Waals surface area (Å²) in [6.45, 7) is 1.19. The number of ether oxygens (including phenoxy) is 3. The normalized spacial score (nSPS) is 16.2. The molecule has 28 heavy (non-hydrogen) atoms. The summed E-state index contributed by atoms with van der Waals surface area (Å²) < 4.78 is 16.7. The van der Waals surface area contributed by atoms with Crippen LogP contribution in [0, 0.1) is 5.92 Å². The summed E-state index contributed by atoms with van der Waals surface area (Å²) in [6, 6.07) is 7.54. The highest BCUT2D eigenvalue weighted by Crippen LogP contribution is 2.34. The lowest BCUT2D eigenvalue weighted by Crippen LogP contribution is -2.14. The third-order valence-corrected chi connectivity index (χ3v) is 4.88. The molecule has 1 aliphatic heterocycles. The second kappa shape index (κ2) is 7.75. The van der Waals surface area contributed by atoms with Crippen molar-refractivity contribution < 1.29 is 19.0 Å². The molecule has 0 bridgehead atoms. The molecule has 1 atom stereocenters. The first kappa shape index (κ1) is 18.1. The van der Waals surface area contributed by atoms with Gasteiger partial charge in [0, 0.05) is 18.5 Å². The van der Waals surface area contributed by atoms with Gasteiger partial charge in [-0.05, 0) is 36.6 Å². The van der Waals surface area contributed by atoms with Crippen molar-refractivity contribution in [2.24, 2.45) is 5.92 Å². The maximum absolute atomic E-state index is 11.3. The van der Waals surface area contributed by atoms with Crippen LogP contribution < -0.4 is 19.5 Å². The van der Waals surface area contributed by atoms with Crippen molar-refractivity contribution in [2.45, 2.75) is 12.8 Å². The summed E-state index contributed by atoms with van der Waals surface area (Å²) in [6.07, 6.45) is 2.97. The van der Waals surface area contributed by atoms with Crippen molar-refractivity contribution in [3.05, 3.63) is 30.6 Å². The number of carbonyl (C=O) groups excluding carboxylic acids is 1. The molecule has 0 saturated carbocycles. The number of amides is 1. The van der Waals surface area contributed by atoms with Crippen LogP contribution in [0.5, 0.6) is 17.4 Å². The fourth-order valence-electron chi connectivity index (χ4n) is 3.35. The zero-order valence-corrected chi connectivity index (χ0v) is 15.8. The molecule has 0 aliphatic carbocycles. The van der Waals surface area contributed by atoms with Crippen LogP contribution in [0.15, 0.2) is 30.6 Å². The van der Waals surface area contributed by atoms with Gasteiger partial charge in [-0.2, -0.15) is 0 Å². The SMILES string of the molecule is COc1ccc(-c2cc3nc[nH]c3c(OCC[C@H]3CNC(=O)C3)n2)cc1OC. The van der Waals surface area contributed by atoms with Gasteiger partial charge in [-0.3, -0.25) is 4.79 Å². The number of hydrogen-bond donors (Lipinski definition) is 2. The zero-order valence-electron chi connectivity index (χ0n) is 15.8. The van der Waals surface area contributed by atoms with Gasteiger partial charge < -0.3 is 24.5 Å². The van der Waals surface area contributed by atoms with E-state index in [0.717, 1.165) is 28.7 Å². The summed E-state index contributed by atoms with van der Waals surface area (Å²) in [7, 11) is 3.20. The number of benzene rings is 1. The standard InChI is InChI=1S/C20H22N4O4/c1-26-16-4-3-13(8-17(16)27-2)14-9-15-19(23-11-22-15)20(24-14)28-6-5-12-7-18(25)21-10-12/h3-4,8-9,11-12H,5-7,10H2,1-2H3,(H,21,25)(H,22,23)/t12-/m1/s1. The fourth-order valence-corrected chi connectivity index (χ4v) is 3.35. The lowest BCUT2D eigenvalue weighted by molar-refractivity contribution is -0.119. The van der Waals surface area contributed by atoms with Crippen molar-refractivity contribution in [3.8, 4) is 28.6 Å². The Morgan fingerprint density at radius 2 is 2.04 bits per heavy atom. The second-order valence-electron chi connectivity index (χ2n) is 6.69. The van der Waals surface area contributed by atoms with Gasteiger partial charge in [0.2, 0.25) is 11.8 Å². The predicted molar refractivity (Wildman–Crippen MR) is 104 cm³/mol. The highest BCUT2D eigenvalue weighted by molar-refractivity contribution is 5.84. The van der Waals surface area contributed by atoms with Crippen molar-refractivity contribution in [1.82, 2.24) is 20.3 Å². The van der Waals surface area contributed by atoms with Crippen molar-refractivity contribution in [1.29, 1.82) is 0 Å². The highest BCUT2D eigenvalue weighted by atomic mass is 16.5. The maximum atomic E-state index is 11.3. The van der Waals surface area contributed by atoms with Crippen molar-refractivity contribution in [2.75, 3.05) is 27.4 Å². The third kappa shape index (κ3) is 3.58. The van der Waals surface area contributed by atoms with Crippen LogP contribution in [0.3, 0.4) is 0 Å². The van der Waals surface area contributed by atoms with E-state index < -0.39 is 0 Å². The summed E-state index contributed by atoms with van der Waals surface area (Å²) in [5, 5.41) is 2.85. The number of carbonyl (C=O) groups is 1. The van der Waals surface area contributed by atoms with E-state index in [2.05, 4.69) is 20.3 Å². The lowest BCUT2D eigenvalue weighted by Gasteiger charge is -2.12. The van der Waals surface area contributed by atoms with Crippen LogP contribution in [0.1, 0.15) is 12.8 Å². The van der Waals surface area contributed by atoms with Crippen LogP contribution in [0.25, 0.3) is 22.3 Å². The summed E-state index contributed by atoms with van der Waals surface area (Å²) >= 11 is 0. The molecule has 1 fully saturated rings. The molecule has 3 heterocycles. The van der Waals surface area contributed by atoms with Crippen LogP contribution in [0.4, 0.5) is 0 Å². The van der Waals surface area contributed by atoms with Crippen LogP contribution in [-0.2, 0) is 4.79 Å². The van der Waals surface area contributed by atoms with E-state index in [0.29, 0.717) is 42.9 Å². The Balaban J connectivity index is 1.59. The number of pyridine rings is 1. The Hall–Kier alpha value is -3.29. The molecular weight excluding hydrogens is 360 g/mol. The topological polar surface area (TPSA) is 98.4 Å². The van der Waals surface area contributed by atoms with E-state index in [1.54, 1.807) is 20.5 Å². The van der Waals surface area contributed by atoms with E-state index in [1.165, 1.54) is 0 Å². The summed E-state index contributed by atoms with van der Waals surface area (Å²) in [5.74, 6) is 2.19. The van der Waals surface area contributed by atoms with Crippen LogP contribution in [-0.4, -0.2) is 48.2 Å². The Labute approximate surface area is 162 Å². The Kier molecular flexibility index (Phi) is 5.01. The molecule has 1 aromatic carbocycles. The molecule has 0 spiro atoms. The molecule has 1 amide bonds. The van der Waals surface area contributed by atoms with Gasteiger partial charge in [0.1, 0.15) is 5.52 Å². The highest BCUT2D eigenvalue weighted by Gasteiger charge is 2.21. The number of hydrogen-bond acceptors (Lipinski definition) is 6. The molecule has 3 aromatic rings. The summed E-state index contributed by atoms with van der Waals surface area (Å²) in [4.78, 5) is 23.4. The number of rotatable bonds is 7. The number of H-pyrrole nitrogens is 1. The number of aromatic nitrogens is 3. The van der Waals surface area contributed by atoms with Gasteiger partial charge >= 0.3 is 0 Å². The fraction of sp³-hybridized carbons (Fsp3) is 0.350. The molecule has 2 aromatic heterocycles. The monoisotopic (exact) mass is 382 g/mol. The molecule has 1 saturated heterocycles. The minimum atomic E-state index is 0.106. The van der Waals surface area contributed by atoms with E-state index >= 15 is 0 Å². The van der Waals surface area contributed by atoms with Gasteiger partial charge in [-0.25, -0.2) is 9.97 Å². The minimum Gasteiger partial charge on any atom is -0.493 e. The van der Waals surface area contributed by atoms with E-state index in [9.17, 15) is 4.79 Å². The molecule has 146 valence electrons. The quantitative estimate of drug-likeness (QED) is 0.652. The number of imidazole rings is 1. The Morgan fingerprint density at radius 1 is 1.18 bits per heavy atom. The molecular formula is C20H22N4O4. The summed E-state index contributed by atoms with van der Waals surface area (Å²) in [5.41, 5.74) is 3.13. The zero-order chi connectivity index (χ0) is 19.5. The number of nitrogens with zero attached hydrogens (tertiary/aromatic N) is 2. The third-order valence-electron chi connectivity index (χ3n) is 4.88. The smallest absolute Gasteiger partial charge is 0.240 e.